The minimum Gasteiger partial charge on any atom is -0.392 e. The van der Waals surface area contributed by atoms with Crippen molar-refractivity contribution in [2.45, 2.75) is 45.3 Å². The van der Waals surface area contributed by atoms with Crippen LogP contribution in [0.4, 0.5) is 5.82 Å². The number of aromatic nitrogens is 4. The Morgan fingerprint density at radius 3 is 2.48 bits per heavy atom. The second kappa shape index (κ2) is 6.38. The molecule has 25 heavy (non-hydrogen) atoms. The van der Waals surface area contributed by atoms with E-state index < -0.39 is 0 Å². The highest BCUT2D eigenvalue weighted by atomic mass is 16.5. The van der Waals surface area contributed by atoms with Gasteiger partial charge in [-0.15, -0.1) is 10.2 Å². The van der Waals surface area contributed by atoms with Crippen molar-refractivity contribution in [3.8, 4) is 5.82 Å². The molecule has 2 atom stereocenters. The molecule has 0 unspecified atom stereocenters. The first-order valence-electron chi connectivity index (χ1n) is 9.03. The SMILES string of the molecule is CCO[C@@H]1C[C@H](O)C12CCN(c1ccc(-n3ccc(C)n3)nn1)CC2. The van der Waals surface area contributed by atoms with E-state index in [-0.39, 0.29) is 17.6 Å². The lowest BCUT2D eigenvalue weighted by atomic mass is 9.58. The van der Waals surface area contributed by atoms with Crippen LogP contribution in [-0.4, -0.2) is 57.0 Å². The largest absolute Gasteiger partial charge is 0.392 e. The first-order valence-corrected chi connectivity index (χ1v) is 9.03. The Labute approximate surface area is 147 Å². The quantitative estimate of drug-likeness (QED) is 0.911. The van der Waals surface area contributed by atoms with Gasteiger partial charge in [-0.2, -0.15) is 5.10 Å². The van der Waals surface area contributed by atoms with Crippen LogP contribution < -0.4 is 4.90 Å². The van der Waals surface area contributed by atoms with Crippen LogP contribution in [0.15, 0.2) is 24.4 Å². The first-order chi connectivity index (χ1) is 12.1. The second-order valence-corrected chi connectivity index (χ2v) is 7.07. The molecule has 0 aromatic carbocycles. The summed E-state index contributed by atoms with van der Waals surface area (Å²) < 4.78 is 7.56. The number of aliphatic hydroxyl groups is 1. The Morgan fingerprint density at radius 2 is 1.92 bits per heavy atom. The smallest absolute Gasteiger partial charge is 0.175 e. The molecule has 3 heterocycles. The fourth-order valence-corrected chi connectivity index (χ4v) is 4.12. The van der Waals surface area contributed by atoms with Gasteiger partial charge in [0.05, 0.1) is 17.9 Å². The van der Waals surface area contributed by atoms with Crippen LogP contribution in [0.25, 0.3) is 5.82 Å². The monoisotopic (exact) mass is 343 g/mol. The fourth-order valence-electron chi connectivity index (χ4n) is 4.12. The summed E-state index contributed by atoms with van der Waals surface area (Å²) >= 11 is 0. The average molecular weight is 343 g/mol. The van der Waals surface area contributed by atoms with Crippen molar-refractivity contribution in [3.63, 3.8) is 0 Å². The number of rotatable bonds is 4. The standard InChI is InChI=1S/C18H25N5O2/c1-3-25-15-12-14(24)18(15)7-10-22(11-8-18)16-4-5-17(20-19-16)23-9-6-13(2)21-23/h4-6,9,14-15,24H,3,7-8,10-12H2,1-2H3/t14-,15+/m0/s1. The molecule has 7 nitrogen and oxygen atoms in total. The fraction of sp³-hybridized carbons (Fsp3) is 0.611. The molecule has 2 aromatic rings. The molecule has 1 spiro atoms. The zero-order valence-corrected chi connectivity index (χ0v) is 14.8. The molecule has 134 valence electrons. The molecule has 2 fully saturated rings. The molecule has 1 N–H and O–H groups in total. The summed E-state index contributed by atoms with van der Waals surface area (Å²) in [5.74, 6) is 1.60. The van der Waals surface area contributed by atoms with Crippen molar-refractivity contribution in [2.75, 3.05) is 24.6 Å². The number of piperidine rings is 1. The lowest BCUT2D eigenvalue weighted by Crippen LogP contribution is -2.62. The van der Waals surface area contributed by atoms with Crippen LogP contribution in [0.1, 0.15) is 31.9 Å². The molecule has 2 aromatic heterocycles. The van der Waals surface area contributed by atoms with Crippen molar-refractivity contribution < 1.29 is 9.84 Å². The van der Waals surface area contributed by atoms with E-state index in [4.69, 9.17) is 4.74 Å². The summed E-state index contributed by atoms with van der Waals surface area (Å²) in [5, 5.41) is 23.3. The van der Waals surface area contributed by atoms with Gasteiger partial charge in [0, 0.05) is 37.7 Å². The molecule has 4 rings (SSSR count). The van der Waals surface area contributed by atoms with Crippen LogP contribution in [0.3, 0.4) is 0 Å². The van der Waals surface area contributed by atoms with Gasteiger partial charge in [0.1, 0.15) is 0 Å². The number of ether oxygens (including phenoxy) is 1. The molecule has 1 saturated heterocycles. The molecule has 1 aliphatic carbocycles. The topological polar surface area (TPSA) is 76.3 Å². The Bertz CT molecular complexity index is 719. The normalized spacial score (nSPS) is 25.2. The van der Waals surface area contributed by atoms with Gasteiger partial charge in [0.25, 0.3) is 0 Å². The molecular weight excluding hydrogens is 318 g/mol. The van der Waals surface area contributed by atoms with E-state index in [1.807, 2.05) is 38.2 Å². The number of anilines is 1. The predicted molar refractivity (Wildman–Crippen MR) is 93.8 cm³/mol. The van der Waals surface area contributed by atoms with Gasteiger partial charge in [-0.05, 0) is 44.9 Å². The van der Waals surface area contributed by atoms with Crippen LogP contribution in [-0.2, 0) is 4.74 Å². The summed E-state index contributed by atoms with van der Waals surface area (Å²) in [4.78, 5) is 2.24. The number of hydrogen-bond donors (Lipinski definition) is 1. The van der Waals surface area contributed by atoms with E-state index in [1.165, 1.54) is 0 Å². The van der Waals surface area contributed by atoms with E-state index in [2.05, 4.69) is 20.2 Å². The van der Waals surface area contributed by atoms with E-state index in [1.54, 1.807) is 4.68 Å². The average Bonchev–Trinajstić information content (AvgIpc) is 3.08. The van der Waals surface area contributed by atoms with Gasteiger partial charge < -0.3 is 14.7 Å². The maximum absolute atomic E-state index is 10.3. The highest BCUT2D eigenvalue weighted by Crippen LogP contribution is 2.51. The third-order valence-electron chi connectivity index (χ3n) is 5.72. The molecule has 0 radical (unpaired) electrons. The first kappa shape index (κ1) is 16.5. The minimum absolute atomic E-state index is 0.0630. The minimum atomic E-state index is -0.234. The Kier molecular flexibility index (Phi) is 4.21. The number of aliphatic hydroxyl groups excluding tert-OH is 1. The second-order valence-electron chi connectivity index (χ2n) is 7.07. The van der Waals surface area contributed by atoms with Gasteiger partial charge in [0.15, 0.2) is 11.6 Å². The van der Waals surface area contributed by atoms with Crippen LogP contribution >= 0.6 is 0 Å². The van der Waals surface area contributed by atoms with E-state index >= 15 is 0 Å². The Morgan fingerprint density at radius 1 is 1.20 bits per heavy atom. The molecule has 1 aliphatic heterocycles. The zero-order chi connectivity index (χ0) is 17.4. The van der Waals surface area contributed by atoms with Crippen LogP contribution in [0.5, 0.6) is 0 Å². The predicted octanol–water partition coefficient (Wildman–Crippen LogP) is 1.73. The van der Waals surface area contributed by atoms with Crippen molar-refractivity contribution in [1.82, 2.24) is 20.0 Å². The van der Waals surface area contributed by atoms with E-state index in [9.17, 15) is 5.11 Å². The summed E-state index contributed by atoms with van der Waals surface area (Å²) in [6.07, 6.45) is 4.48. The van der Waals surface area contributed by atoms with Crippen molar-refractivity contribution >= 4 is 5.82 Å². The summed E-state index contributed by atoms with van der Waals surface area (Å²) in [5.41, 5.74) is 0.891. The van der Waals surface area contributed by atoms with Crippen LogP contribution in [0.2, 0.25) is 0 Å². The summed E-state index contributed by atoms with van der Waals surface area (Å²) in [7, 11) is 0. The van der Waals surface area contributed by atoms with Gasteiger partial charge in [-0.25, -0.2) is 4.68 Å². The summed E-state index contributed by atoms with van der Waals surface area (Å²) in [6.45, 7) is 6.42. The lowest BCUT2D eigenvalue weighted by molar-refractivity contribution is -0.199. The molecule has 7 heteroatoms. The third-order valence-corrected chi connectivity index (χ3v) is 5.72. The molecule has 0 bridgehead atoms. The maximum atomic E-state index is 10.3. The Hall–Kier alpha value is -1.99. The number of aryl methyl sites for hydroxylation is 1. The van der Waals surface area contributed by atoms with Crippen molar-refractivity contribution in [1.29, 1.82) is 0 Å². The van der Waals surface area contributed by atoms with E-state index in [0.717, 1.165) is 49.7 Å². The van der Waals surface area contributed by atoms with Gasteiger partial charge in [0.2, 0.25) is 0 Å². The highest BCUT2D eigenvalue weighted by molar-refractivity contribution is 5.40. The maximum Gasteiger partial charge on any atom is 0.175 e. The number of hydrogen-bond acceptors (Lipinski definition) is 6. The molecule has 0 amide bonds. The molecule has 2 aliphatic rings. The van der Waals surface area contributed by atoms with Gasteiger partial charge >= 0.3 is 0 Å². The third kappa shape index (κ3) is 2.81. The lowest BCUT2D eigenvalue weighted by Gasteiger charge is -2.56. The number of nitrogens with zero attached hydrogens (tertiary/aromatic N) is 5. The van der Waals surface area contributed by atoms with E-state index in [0.29, 0.717) is 6.61 Å². The molecular formula is C18H25N5O2. The van der Waals surface area contributed by atoms with Crippen LogP contribution in [0, 0.1) is 12.3 Å². The Balaban J connectivity index is 1.42. The molecule has 1 saturated carbocycles. The summed E-state index contributed by atoms with van der Waals surface area (Å²) in [6, 6.07) is 5.88. The van der Waals surface area contributed by atoms with Crippen molar-refractivity contribution in [3.05, 3.63) is 30.1 Å². The van der Waals surface area contributed by atoms with Gasteiger partial charge in [-0.1, -0.05) is 0 Å². The van der Waals surface area contributed by atoms with Gasteiger partial charge in [-0.3, -0.25) is 0 Å². The van der Waals surface area contributed by atoms with Crippen molar-refractivity contribution in [2.24, 2.45) is 5.41 Å². The zero-order valence-electron chi connectivity index (χ0n) is 14.8. The highest BCUT2D eigenvalue weighted by Gasteiger charge is 2.56.